The quantitative estimate of drug-likeness (QED) is 0.683. The molecule has 0 heterocycles. The Morgan fingerprint density at radius 3 is 2.41 bits per heavy atom. The Balaban J connectivity index is 1.46. The third-order valence-corrected chi connectivity index (χ3v) is 3.57. The lowest BCUT2D eigenvalue weighted by Crippen LogP contribution is -2.17. The first-order valence-corrected chi connectivity index (χ1v) is 7.20. The molecule has 2 heteroatoms. The highest BCUT2D eigenvalue weighted by Gasteiger charge is 2.19. The minimum Gasteiger partial charge on any atom is -0.314 e. The minimum atomic E-state index is 0.833. The standard InChI is InChI=1S/C15H22ClN/c16-14-8-6-13(7-9-14)5-3-1-2-4-12-17-15-10-11-15/h6-9,15,17H,1-5,10-12H2. The summed E-state index contributed by atoms with van der Waals surface area (Å²) < 4.78 is 0. The average molecular weight is 252 g/mol. The van der Waals surface area contributed by atoms with E-state index in [1.54, 1.807) is 0 Å². The number of hydrogen-bond acceptors (Lipinski definition) is 1. The fourth-order valence-electron chi connectivity index (χ4n) is 2.05. The summed E-state index contributed by atoms with van der Waals surface area (Å²) in [6.07, 6.45) is 9.31. The van der Waals surface area contributed by atoms with Crippen LogP contribution in [0.4, 0.5) is 0 Å². The summed E-state index contributed by atoms with van der Waals surface area (Å²) in [7, 11) is 0. The van der Waals surface area contributed by atoms with Crippen LogP contribution in [0.1, 0.15) is 44.1 Å². The SMILES string of the molecule is Clc1ccc(CCCCCCNC2CC2)cc1. The smallest absolute Gasteiger partial charge is 0.0406 e. The largest absolute Gasteiger partial charge is 0.314 e. The predicted octanol–water partition coefficient (Wildman–Crippen LogP) is 4.19. The molecule has 1 aliphatic carbocycles. The van der Waals surface area contributed by atoms with Crippen molar-refractivity contribution < 1.29 is 0 Å². The lowest BCUT2D eigenvalue weighted by molar-refractivity contribution is 0.585. The van der Waals surface area contributed by atoms with Gasteiger partial charge in [-0.15, -0.1) is 0 Å². The van der Waals surface area contributed by atoms with E-state index in [1.807, 2.05) is 12.1 Å². The monoisotopic (exact) mass is 251 g/mol. The number of unbranched alkanes of at least 4 members (excludes halogenated alkanes) is 3. The van der Waals surface area contributed by atoms with Gasteiger partial charge in [-0.05, 0) is 56.3 Å². The van der Waals surface area contributed by atoms with E-state index in [4.69, 9.17) is 11.6 Å². The van der Waals surface area contributed by atoms with Crippen molar-refractivity contribution in [1.82, 2.24) is 5.32 Å². The van der Waals surface area contributed by atoms with Crippen molar-refractivity contribution in [1.29, 1.82) is 0 Å². The predicted molar refractivity (Wildman–Crippen MR) is 74.6 cm³/mol. The number of aryl methyl sites for hydroxylation is 1. The van der Waals surface area contributed by atoms with Gasteiger partial charge in [0.05, 0.1) is 0 Å². The Hall–Kier alpha value is -0.530. The van der Waals surface area contributed by atoms with Crippen molar-refractivity contribution in [2.24, 2.45) is 0 Å². The van der Waals surface area contributed by atoms with Gasteiger partial charge in [0.2, 0.25) is 0 Å². The average Bonchev–Trinajstić information content (AvgIpc) is 3.14. The molecule has 1 N–H and O–H groups in total. The van der Waals surface area contributed by atoms with Gasteiger partial charge in [-0.3, -0.25) is 0 Å². The van der Waals surface area contributed by atoms with E-state index < -0.39 is 0 Å². The van der Waals surface area contributed by atoms with Gasteiger partial charge in [0, 0.05) is 11.1 Å². The third-order valence-electron chi connectivity index (χ3n) is 3.32. The Bertz CT molecular complexity index is 316. The molecule has 1 aromatic carbocycles. The summed E-state index contributed by atoms with van der Waals surface area (Å²) in [5, 5.41) is 4.39. The molecule has 0 unspecified atom stereocenters. The molecule has 0 saturated heterocycles. The highest BCUT2D eigenvalue weighted by molar-refractivity contribution is 6.30. The highest BCUT2D eigenvalue weighted by Crippen LogP contribution is 2.18. The highest BCUT2D eigenvalue weighted by atomic mass is 35.5. The van der Waals surface area contributed by atoms with Crippen molar-refractivity contribution in [3.63, 3.8) is 0 Å². The van der Waals surface area contributed by atoms with Gasteiger partial charge in [-0.1, -0.05) is 36.6 Å². The summed E-state index contributed by atoms with van der Waals surface area (Å²) in [6.45, 7) is 1.21. The van der Waals surface area contributed by atoms with Crippen molar-refractivity contribution in [2.75, 3.05) is 6.54 Å². The molecular weight excluding hydrogens is 230 g/mol. The summed E-state index contributed by atoms with van der Waals surface area (Å²) in [5.74, 6) is 0. The van der Waals surface area contributed by atoms with Crippen molar-refractivity contribution in [2.45, 2.75) is 51.0 Å². The van der Waals surface area contributed by atoms with Crippen molar-refractivity contribution >= 4 is 11.6 Å². The molecule has 2 rings (SSSR count). The molecule has 0 atom stereocenters. The Morgan fingerprint density at radius 1 is 1.00 bits per heavy atom. The molecular formula is C15H22ClN. The van der Waals surface area contributed by atoms with Crippen LogP contribution in [-0.2, 0) is 6.42 Å². The van der Waals surface area contributed by atoms with Crippen LogP contribution < -0.4 is 5.32 Å². The fraction of sp³-hybridized carbons (Fsp3) is 0.600. The lowest BCUT2D eigenvalue weighted by atomic mass is 10.1. The number of hydrogen-bond donors (Lipinski definition) is 1. The van der Waals surface area contributed by atoms with Crippen LogP contribution in [-0.4, -0.2) is 12.6 Å². The molecule has 1 saturated carbocycles. The molecule has 17 heavy (non-hydrogen) atoms. The van der Waals surface area contributed by atoms with E-state index in [-0.39, 0.29) is 0 Å². The molecule has 1 aliphatic rings. The molecule has 1 fully saturated rings. The van der Waals surface area contributed by atoms with Crippen LogP contribution in [0.5, 0.6) is 0 Å². The van der Waals surface area contributed by atoms with E-state index >= 15 is 0 Å². The molecule has 0 bridgehead atoms. The maximum Gasteiger partial charge on any atom is 0.0406 e. The first-order chi connectivity index (χ1) is 8.34. The molecule has 1 nitrogen and oxygen atoms in total. The van der Waals surface area contributed by atoms with E-state index in [0.717, 1.165) is 11.1 Å². The number of benzene rings is 1. The topological polar surface area (TPSA) is 12.0 Å². The van der Waals surface area contributed by atoms with Crippen LogP contribution in [0.2, 0.25) is 5.02 Å². The van der Waals surface area contributed by atoms with Gasteiger partial charge >= 0.3 is 0 Å². The van der Waals surface area contributed by atoms with Crippen LogP contribution in [0.25, 0.3) is 0 Å². The normalized spacial score (nSPS) is 15.1. The summed E-state index contributed by atoms with van der Waals surface area (Å²) in [4.78, 5) is 0. The second-order valence-corrected chi connectivity index (χ2v) is 5.46. The van der Waals surface area contributed by atoms with Gasteiger partial charge in [-0.2, -0.15) is 0 Å². The zero-order valence-corrected chi connectivity index (χ0v) is 11.2. The van der Waals surface area contributed by atoms with Crippen molar-refractivity contribution in [3.05, 3.63) is 34.9 Å². The number of halogens is 1. The van der Waals surface area contributed by atoms with Crippen LogP contribution in [0, 0.1) is 0 Å². The first-order valence-electron chi connectivity index (χ1n) is 6.82. The molecule has 0 spiro atoms. The zero-order chi connectivity index (χ0) is 11.9. The van der Waals surface area contributed by atoms with Crippen molar-refractivity contribution in [3.8, 4) is 0 Å². The summed E-state index contributed by atoms with van der Waals surface area (Å²) in [5.41, 5.74) is 1.41. The third kappa shape index (κ3) is 5.56. The molecule has 0 aliphatic heterocycles. The fourth-order valence-corrected chi connectivity index (χ4v) is 2.18. The number of nitrogens with one attached hydrogen (secondary N) is 1. The Morgan fingerprint density at radius 2 is 1.71 bits per heavy atom. The molecule has 0 amide bonds. The molecule has 0 aromatic heterocycles. The Labute approximate surface area is 110 Å². The first kappa shape index (κ1) is 12.9. The minimum absolute atomic E-state index is 0.833. The Kier molecular flexibility index (Phi) is 5.34. The molecule has 94 valence electrons. The van der Waals surface area contributed by atoms with Gasteiger partial charge in [-0.25, -0.2) is 0 Å². The summed E-state index contributed by atoms with van der Waals surface area (Å²) in [6, 6.07) is 9.10. The van der Waals surface area contributed by atoms with E-state index in [2.05, 4.69) is 17.4 Å². The van der Waals surface area contributed by atoms with E-state index in [0.29, 0.717) is 0 Å². The molecule has 0 radical (unpaired) electrons. The maximum atomic E-state index is 5.85. The van der Waals surface area contributed by atoms with E-state index in [1.165, 1.54) is 57.1 Å². The zero-order valence-electron chi connectivity index (χ0n) is 10.4. The maximum absolute atomic E-state index is 5.85. The van der Waals surface area contributed by atoms with Crippen LogP contribution >= 0.6 is 11.6 Å². The second-order valence-electron chi connectivity index (χ2n) is 5.02. The van der Waals surface area contributed by atoms with Crippen LogP contribution in [0.15, 0.2) is 24.3 Å². The lowest BCUT2D eigenvalue weighted by Gasteiger charge is -2.03. The van der Waals surface area contributed by atoms with Gasteiger partial charge in [0.25, 0.3) is 0 Å². The van der Waals surface area contributed by atoms with Gasteiger partial charge in [0.15, 0.2) is 0 Å². The summed E-state index contributed by atoms with van der Waals surface area (Å²) >= 11 is 5.85. The second kappa shape index (κ2) is 7.03. The van der Waals surface area contributed by atoms with Crippen LogP contribution in [0.3, 0.4) is 0 Å². The van der Waals surface area contributed by atoms with Gasteiger partial charge in [0.1, 0.15) is 0 Å². The van der Waals surface area contributed by atoms with E-state index in [9.17, 15) is 0 Å². The number of rotatable bonds is 8. The van der Waals surface area contributed by atoms with Gasteiger partial charge < -0.3 is 5.32 Å². The molecule has 1 aromatic rings.